The molecule has 1 aromatic heterocycles. The Balaban J connectivity index is 1.56. The summed E-state index contributed by atoms with van der Waals surface area (Å²) in [5.74, 6) is 0.919. The highest BCUT2D eigenvalue weighted by Crippen LogP contribution is 2.30. The minimum atomic E-state index is 0.146. The molecule has 4 nitrogen and oxygen atoms in total. The van der Waals surface area contributed by atoms with E-state index in [1.807, 2.05) is 6.07 Å². The molecule has 4 rings (SSSR count). The average Bonchev–Trinajstić information content (AvgIpc) is 2.64. The number of ether oxygens (including phenoxy) is 1. The normalized spacial score (nSPS) is 20.9. The van der Waals surface area contributed by atoms with Crippen LogP contribution in [0, 0.1) is 6.92 Å². The molecule has 0 spiro atoms. The highest BCUT2D eigenvalue weighted by Gasteiger charge is 2.24. The van der Waals surface area contributed by atoms with Gasteiger partial charge in [-0.2, -0.15) is 0 Å². The van der Waals surface area contributed by atoms with E-state index >= 15 is 0 Å². The molecule has 0 radical (unpaired) electrons. The second-order valence-corrected chi connectivity index (χ2v) is 6.33. The third-order valence-corrected chi connectivity index (χ3v) is 4.66. The van der Waals surface area contributed by atoms with Crippen molar-refractivity contribution in [3.8, 4) is 0 Å². The lowest BCUT2D eigenvalue weighted by atomic mass is 9.97. The number of aromatic nitrogens is 2. The van der Waals surface area contributed by atoms with Crippen molar-refractivity contribution in [3.63, 3.8) is 0 Å². The lowest BCUT2D eigenvalue weighted by molar-refractivity contribution is 0.00976. The molecule has 1 aliphatic heterocycles. The highest BCUT2D eigenvalue weighted by atomic mass is 16.5. The minimum Gasteiger partial charge on any atom is -0.373 e. The van der Waals surface area contributed by atoms with Gasteiger partial charge in [0.1, 0.15) is 12.1 Å². The van der Waals surface area contributed by atoms with E-state index in [9.17, 15) is 0 Å². The van der Waals surface area contributed by atoms with E-state index in [1.54, 1.807) is 6.33 Å². The van der Waals surface area contributed by atoms with Crippen LogP contribution >= 0.6 is 0 Å². The predicted molar refractivity (Wildman–Crippen MR) is 96.1 cm³/mol. The van der Waals surface area contributed by atoms with Crippen molar-refractivity contribution in [2.75, 3.05) is 11.9 Å². The molecule has 0 amide bonds. The lowest BCUT2D eigenvalue weighted by Crippen LogP contribution is -2.30. The number of anilines is 1. The summed E-state index contributed by atoms with van der Waals surface area (Å²) in [5, 5.41) is 4.70. The second kappa shape index (κ2) is 6.57. The van der Waals surface area contributed by atoms with Gasteiger partial charge in [-0.05, 0) is 37.0 Å². The van der Waals surface area contributed by atoms with Gasteiger partial charge in [0.25, 0.3) is 0 Å². The van der Waals surface area contributed by atoms with Crippen LogP contribution < -0.4 is 5.32 Å². The summed E-state index contributed by atoms with van der Waals surface area (Å²) >= 11 is 0. The van der Waals surface area contributed by atoms with E-state index in [0.717, 1.165) is 36.2 Å². The van der Waals surface area contributed by atoms with Crippen LogP contribution in [-0.2, 0) is 4.74 Å². The fourth-order valence-electron chi connectivity index (χ4n) is 3.37. The molecule has 0 aliphatic carbocycles. The molecule has 24 heavy (non-hydrogen) atoms. The Kier molecular flexibility index (Phi) is 4.13. The van der Waals surface area contributed by atoms with Gasteiger partial charge < -0.3 is 10.1 Å². The van der Waals surface area contributed by atoms with Crippen molar-refractivity contribution < 1.29 is 4.74 Å². The average molecular weight is 319 g/mol. The van der Waals surface area contributed by atoms with E-state index in [4.69, 9.17) is 4.74 Å². The van der Waals surface area contributed by atoms with Crippen molar-refractivity contribution in [2.45, 2.75) is 31.9 Å². The van der Waals surface area contributed by atoms with Crippen molar-refractivity contribution >= 4 is 16.7 Å². The Morgan fingerprint density at radius 2 is 1.92 bits per heavy atom. The second-order valence-electron chi connectivity index (χ2n) is 6.33. The maximum atomic E-state index is 5.97. The number of para-hydroxylation sites is 1. The van der Waals surface area contributed by atoms with E-state index in [0.29, 0.717) is 6.04 Å². The van der Waals surface area contributed by atoms with E-state index < -0.39 is 0 Å². The number of benzene rings is 2. The Morgan fingerprint density at radius 3 is 2.79 bits per heavy atom. The van der Waals surface area contributed by atoms with Gasteiger partial charge >= 0.3 is 0 Å². The Morgan fingerprint density at radius 1 is 1.04 bits per heavy atom. The number of nitrogens with one attached hydrogen (secondary N) is 1. The number of fused-ring (bicyclic) bond motifs is 1. The SMILES string of the molecule is Cc1cccc2c(NC3CCOC(c4ccccc4)C3)ncnc12. The van der Waals surface area contributed by atoms with E-state index in [1.165, 1.54) is 11.1 Å². The third-order valence-electron chi connectivity index (χ3n) is 4.66. The standard InChI is InChI=1S/C20H21N3O/c1-14-6-5-9-17-19(14)21-13-22-20(17)23-16-10-11-24-18(12-16)15-7-3-2-4-8-15/h2-9,13,16,18H,10-12H2,1H3,(H,21,22,23). The van der Waals surface area contributed by atoms with Crippen molar-refractivity contribution in [3.05, 3.63) is 66.0 Å². The fourth-order valence-corrected chi connectivity index (χ4v) is 3.37. The summed E-state index contributed by atoms with van der Waals surface area (Å²) in [6, 6.07) is 17.0. The number of nitrogens with zero attached hydrogens (tertiary/aromatic N) is 2. The Hall–Kier alpha value is -2.46. The Labute approximate surface area is 141 Å². The van der Waals surface area contributed by atoms with Gasteiger partial charge in [-0.25, -0.2) is 9.97 Å². The maximum absolute atomic E-state index is 5.97. The first-order chi connectivity index (χ1) is 11.8. The molecule has 2 atom stereocenters. The Bertz CT molecular complexity index is 835. The predicted octanol–water partition coefficient (Wildman–Crippen LogP) is 4.27. The number of hydrogen-bond acceptors (Lipinski definition) is 4. The first-order valence-corrected chi connectivity index (χ1v) is 8.44. The number of hydrogen-bond donors (Lipinski definition) is 1. The van der Waals surface area contributed by atoms with Crippen molar-refractivity contribution in [1.82, 2.24) is 9.97 Å². The van der Waals surface area contributed by atoms with Crippen LogP contribution in [0.5, 0.6) is 0 Å². The molecule has 0 saturated carbocycles. The number of aryl methyl sites for hydroxylation is 1. The van der Waals surface area contributed by atoms with Crippen LogP contribution in [0.15, 0.2) is 54.9 Å². The quantitative estimate of drug-likeness (QED) is 0.783. The van der Waals surface area contributed by atoms with Crippen molar-refractivity contribution in [1.29, 1.82) is 0 Å². The van der Waals surface area contributed by atoms with Gasteiger partial charge in [0.05, 0.1) is 11.6 Å². The third kappa shape index (κ3) is 2.97. The van der Waals surface area contributed by atoms with Gasteiger partial charge in [-0.15, -0.1) is 0 Å². The molecule has 1 saturated heterocycles. The molecule has 1 fully saturated rings. The summed E-state index contributed by atoms with van der Waals surface area (Å²) < 4.78 is 5.97. The molecule has 1 N–H and O–H groups in total. The molecule has 2 unspecified atom stereocenters. The zero-order valence-electron chi connectivity index (χ0n) is 13.8. The molecule has 0 bridgehead atoms. The van der Waals surface area contributed by atoms with Crippen molar-refractivity contribution in [2.24, 2.45) is 0 Å². The molecular formula is C20H21N3O. The molecular weight excluding hydrogens is 298 g/mol. The number of rotatable bonds is 3. The highest BCUT2D eigenvalue weighted by molar-refractivity contribution is 5.90. The van der Waals surface area contributed by atoms with Gasteiger partial charge in [0.15, 0.2) is 0 Å². The summed E-state index contributed by atoms with van der Waals surface area (Å²) in [6.45, 7) is 2.85. The minimum absolute atomic E-state index is 0.146. The van der Waals surface area contributed by atoms with Crippen LogP contribution in [0.4, 0.5) is 5.82 Å². The molecule has 3 aromatic rings. The van der Waals surface area contributed by atoms with E-state index in [-0.39, 0.29) is 6.10 Å². The van der Waals surface area contributed by atoms with Crippen LogP contribution in [0.25, 0.3) is 10.9 Å². The first kappa shape index (κ1) is 15.1. The van der Waals surface area contributed by atoms with Gasteiger partial charge in [0, 0.05) is 18.0 Å². The largest absolute Gasteiger partial charge is 0.373 e. The molecule has 1 aliphatic rings. The molecule has 2 heterocycles. The van der Waals surface area contributed by atoms with E-state index in [2.05, 4.69) is 64.7 Å². The topological polar surface area (TPSA) is 47.0 Å². The molecule has 122 valence electrons. The fraction of sp³-hybridized carbons (Fsp3) is 0.300. The zero-order chi connectivity index (χ0) is 16.4. The molecule has 4 heteroatoms. The van der Waals surface area contributed by atoms with Crippen LogP contribution in [0.2, 0.25) is 0 Å². The summed E-state index contributed by atoms with van der Waals surface area (Å²) in [6.07, 6.45) is 3.72. The first-order valence-electron chi connectivity index (χ1n) is 8.44. The summed E-state index contributed by atoms with van der Waals surface area (Å²) in [4.78, 5) is 8.90. The zero-order valence-corrected chi connectivity index (χ0v) is 13.8. The lowest BCUT2D eigenvalue weighted by Gasteiger charge is -2.31. The van der Waals surface area contributed by atoms with Gasteiger partial charge in [-0.1, -0.05) is 42.5 Å². The molecule has 2 aromatic carbocycles. The van der Waals surface area contributed by atoms with Gasteiger partial charge in [0.2, 0.25) is 0 Å². The van der Waals surface area contributed by atoms with Crippen LogP contribution in [0.1, 0.15) is 30.1 Å². The van der Waals surface area contributed by atoms with Gasteiger partial charge in [-0.3, -0.25) is 0 Å². The monoisotopic (exact) mass is 319 g/mol. The smallest absolute Gasteiger partial charge is 0.137 e. The summed E-state index contributed by atoms with van der Waals surface area (Å²) in [5.41, 5.74) is 3.43. The maximum Gasteiger partial charge on any atom is 0.137 e. The van der Waals surface area contributed by atoms with Crippen LogP contribution in [0.3, 0.4) is 0 Å². The van der Waals surface area contributed by atoms with Crippen LogP contribution in [-0.4, -0.2) is 22.6 Å². The summed E-state index contributed by atoms with van der Waals surface area (Å²) in [7, 11) is 0.